The summed E-state index contributed by atoms with van der Waals surface area (Å²) >= 11 is 0. The lowest BCUT2D eigenvalue weighted by Gasteiger charge is -2.13. The zero-order valence-corrected chi connectivity index (χ0v) is 16.7. The van der Waals surface area contributed by atoms with Crippen LogP contribution in [0.25, 0.3) is 22.2 Å². The minimum atomic E-state index is -0.795. The summed E-state index contributed by atoms with van der Waals surface area (Å²) in [6.45, 7) is 0.270. The standard InChI is InChI=1S/C22H22N4O4/c1-28-20-11-10-16(12-21(20)29-2)22-23-25-26(24-22)13-17(27)14-30-19-9-5-7-15-6-3-4-8-18(15)19/h3-12,17,27H,13-14H2,1-2H3/t17-/m0/s1. The van der Waals surface area contributed by atoms with Gasteiger partial charge in [-0.25, -0.2) is 0 Å². The Morgan fingerprint density at radius 2 is 1.73 bits per heavy atom. The predicted molar refractivity (Wildman–Crippen MR) is 112 cm³/mol. The molecule has 0 spiro atoms. The quantitative estimate of drug-likeness (QED) is 0.481. The monoisotopic (exact) mass is 406 g/mol. The molecule has 154 valence electrons. The zero-order valence-electron chi connectivity index (χ0n) is 16.7. The average Bonchev–Trinajstić information content (AvgIpc) is 3.25. The summed E-state index contributed by atoms with van der Waals surface area (Å²) in [4.78, 5) is 1.35. The van der Waals surface area contributed by atoms with Gasteiger partial charge in [-0.3, -0.25) is 0 Å². The van der Waals surface area contributed by atoms with Crippen LogP contribution in [0, 0.1) is 0 Å². The first-order valence-corrected chi connectivity index (χ1v) is 9.47. The predicted octanol–water partition coefficient (Wildman–Crippen LogP) is 2.95. The molecule has 1 heterocycles. The maximum absolute atomic E-state index is 10.4. The number of aliphatic hydroxyl groups is 1. The SMILES string of the molecule is COc1ccc(-c2nnn(C[C@H](O)COc3cccc4ccccc34)n2)cc1OC. The molecule has 0 aliphatic carbocycles. The fourth-order valence-electron chi connectivity index (χ4n) is 3.16. The molecular formula is C22H22N4O4. The van der Waals surface area contributed by atoms with Crippen molar-refractivity contribution in [1.29, 1.82) is 0 Å². The molecule has 0 fully saturated rings. The Morgan fingerprint density at radius 1 is 0.933 bits per heavy atom. The number of benzene rings is 3. The van der Waals surface area contributed by atoms with Gasteiger partial charge in [0.05, 0.1) is 20.8 Å². The van der Waals surface area contributed by atoms with Gasteiger partial charge in [-0.05, 0) is 34.9 Å². The minimum absolute atomic E-state index is 0.112. The van der Waals surface area contributed by atoms with E-state index in [0.29, 0.717) is 17.3 Å². The zero-order chi connectivity index (χ0) is 20.9. The van der Waals surface area contributed by atoms with Crippen LogP contribution in [0.4, 0.5) is 0 Å². The number of nitrogens with zero attached hydrogens (tertiary/aromatic N) is 4. The second kappa shape index (κ2) is 8.79. The van der Waals surface area contributed by atoms with E-state index in [1.165, 1.54) is 4.80 Å². The topological polar surface area (TPSA) is 91.5 Å². The molecular weight excluding hydrogens is 384 g/mol. The molecule has 0 unspecified atom stereocenters. The van der Waals surface area contributed by atoms with Crippen molar-refractivity contribution in [2.24, 2.45) is 0 Å². The molecule has 0 saturated heterocycles. The smallest absolute Gasteiger partial charge is 0.205 e. The van der Waals surface area contributed by atoms with E-state index in [1.54, 1.807) is 26.4 Å². The lowest BCUT2D eigenvalue weighted by Crippen LogP contribution is -2.25. The van der Waals surface area contributed by atoms with E-state index < -0.39 is 6.10 Å². The van der Waals surface area contributed by atoms with Crippen molar-refractivity contribution >= 4 is 10.8 Å². The van der Waals surface area contributed by atoms with E-state index in [-0.39, 0.29) is 13.2 Å². The summed E-state index contributed by atoms with van der Waals surface area (Å²) in [7, 11) is 3.14. The lowest BCUT2D eigenvalue weighted by atomic mass is 10.1. The van der Waals surface area contributed by atoms with E-state index >= 15 is 0 Å². The summed E-state index contributed by atoms with van der Waals surface area (Å²) in [5, 5.41) is 24.9. The molecule has 4 rings (SSSR count). The lowest BCUT2D eigenvalue weighted by molar-refractivity contribution is 0.0857. The van der Waals surface area contributed by atoms with Crippen LogP contribution in [0.1, 0.15) is 0 Å². The molecule has 8 heteroatoms. The van der Waals surface area contributed by atoms with Crippen molar-refractivity contribution in [3.8, 4) is 28.6 Å². The highest BCUT2D eigenvalue weighted by atomic mass is 16.5. The molecule has 4 aromatic rings. The second-order valence-electron chi connectivity index (χ2n) is 6.68. The summed E-state index contributed by atoms with van der Waals surface area (Å²) in [6, 6.07) is 19.2. The van der Waals surface area contributed by atoms with E-state index in [4.69, 9.17) is 14.2 Å². The van der Waals surface area contributed by atoms with Gasteiger partial charge in [-0.1, -0.05) is 36.4 Å². The molecule has 1 aromatic heterocycles. The van der Waals surface area contributed by atoms with E-state index in [1.807, 2.05) is 48.5 Å². The average molecular weight is 406 g/mol. The van der Waals surface area contributed by atoms with Gasteiger partial charge in [0.1, 0.15) is 18.5 Å². The first kappa shape index (κ1) is 19.7. The Balaban J connectivity index is 1.41. The van der Waals surface area contributed by atoms with Crippen molar-refractivity contribution in [2.45, 2.75) is 12.6 Å². The van der Waals surface area contributed by atoms with E-state index in [9.17, 15) is 5.11 Å². The third-order valence-corrected chi connectivity index (χ3v) is 4.65. The van der Waals surface area contributed by atoms with Crippen LogP contribution in [-0.4, -0.2) is 52.2 Å². The Bertz CT molecular complexity index is 1140. The molecule has 1 N–H and O–H groups in total. The summed E-state index contributed by atoms with van der Waals surface area (Å²) < 4.78 is 16.4. The van der Waals surface area contributed by atoms with Crippen LogP contribution in [0.15, 0.2) is 60.7 Å². The Hall–Kier alpha value is -3.65. The molecule has 0 bridgehead atoms. The van der Waals surface area contributed by atoms with Crippen molar-refractivity contribution in [3.05, 3.63) is 60.7 Å². The van der Waals surface area contributed by atoms with Crippen molar-refractivity contribution in [1.82, 2.24) is 20.2 Å². The summed E-state index contributed by atoms with van der Waals surface area (Å²) in [6.07, 6.45) is -0.795. The maximum Gasteiger partial charge on any atom is 0.205 e. The first-order valence-electron chi connectivity index (χ1n) is 9.47. The molecule has 0 aliphatic rings. The van der Waals surface area contributed by atoms with Crippen LogP contribution in [-0.2, 0) is 6.54 Å². The third-order valence-electron chi connectivity index (χ3n) is 4.65. The minimum Gasteiger partial charge on any atom is -0.493 e. The van der Waals surface area contributed by atoms with Crippen LogP contribution in [0.2, 0.25) is 0 Å². The van der Waals surface area contributed by atoms with Crippen LogP contribution in [0.5, 0.6) is 17.2 Å². The fraction of sp³-hybridized carbons (Fsp3) is 0.227. The third kappa shape index (κ3) is 4.18. The van der Waals surface area contributed by atoms with Crippen molar-refractivity contribution in [3.63, 3.8) is 0 Å². The fourth-order valence-corrected chi connectivity index (χ4v) is 3.16. The molecule has 1 atom stereocenters. The van der Waals surface area contributed by atoms with Gasteiger partial charge in [0.25, 0.3) is 0 Å². The van der Waals surface area contributed by atoms with E-state index in [2.05, 4.69) is 15.4 Å². The largest absolute Gasteiger partial charge is 0.493 e. The number of aliphatic hydroxyl groups excluding tert-OH is 1. The highest BCUT2D eigenvalue weighted by Gasteiger charge is 2.14. The molecule has 0 saturated carbocycles. The van der Waals surface area contributed by atoms with Crippen LogP contribution >= 0.6 is 0 Å². The van der Waals surface area contributed by atoms with Gasteiger partial charge in [-0.2, -0.15) is 4.80 Å². The van der Waals surface area contributed by atoms with E-state index in [0.717, 1.165) is 22.1 Å². The van der Waals surface area contributed by atoms with Gasteiger partial charge >= 0.3 is 0 Å². The van der Waals surface area contributed by atoms with Gasteiger partial charge in [0.2, 0.25) is 5.82 Å². The number of hydrogen-bond donors (Lipinski definition) is 1. The number of fused-ring (bicyclic) bond motifs is 1. The number of tetrazole rings is 1. The molecule has 30 heavy (non-hydrogen) atoms. The highest BCUT2D eigenvalue weighted by Crippen LogP contribution is 2.30. The second-order valence-corrected chi connectivity index (χ2v) is 6.68. The number of hydrogen-bond acceptors (Lipinski definition) is 7. The highest BCUT2D eigenvalue weighted by molar-refractivity contribution is 5.88. The first-order chi connectivity index (χ1) is 14.7. The van der Waals surface area contributed by atoms with Crippen molar-refractivity contribution < 1.29 is 19.3 Å². The number of methoxy groups -OCH3 is 2. The summed E-state index contributed by atoms with van der Waals surface area (Å²) in [5.41, 5.74) is 0.736. The number of ether oxygens (including phenoxy) is 3. The Labute approximate surface area is 173 Å². The van der Waals surface area contributed by atoms with Crippen molar-refractivity contribution in [2.75, 3.05) is 20.8 Å². The Kier molecular flexibility index (Phi) is 5.76. The van der Waals surface area contributed by atoms with Crippen LogP contribution < -0.4 is 14.2 Å². The molecule has 0 radical (unpaired) electrons. The summed E-state index contributed by atoms with van der Waals surface area (Å²) in [5.74, 6) is 2.35. The normalized spacial score (nSPS) is 12.0. The molecule has 0 aliphatic heterocycles. The molecule has 3 aromatic carbocycles. The Morgan fingerprint density at radius 3 is 2.57 bits per heavy atom. The van der Waals surface area contributed by atoms with Gasteiger partial charge < -0.3 is 19.3 Å². The van der Waals surface area contributed by atoms with Gasteiger partial charge in [-0.15, -0.1) is 10.2 Å². The molecule has 8 nitrogen and oxygen atoms in total. The number of rotatable bonds is 8. The molecule has 0 amide bonds. The number of aromatic nitrogens is 4. The van der Waals surface area contributed by atoms with Crippen LogP contribution in [0.3, 0.4) is 0 Å². The maximum atomic E-state index is 10.4. The van der Waals surface area contributed by atoms with Gasteiger partial charge in [0, 0.05) is 10.9 Å². The van der Waals surface area contributed by atoms with Gasteiger partial charge in [0.15, 0.2) is 11.5 Å².